The van der Waals surface area contributed by atoms with E-state index < -0.39 is 0 Å². The molecule has 2 aliphatic heterocycles. The molecule has 2 aromatic heterocycles. The number of carbonyl (C=O) groups is 1. The van der Waals surface area contributed by atoms with Gasteiger partial charge in [0.05, 0.1) is 17.4 Å². The number of carbonyl (C=O) groups excluding carboxylic acids is 1. The topological polar surface area (TPSA) is 76.6 Å². The minimum absolute atomic E-state index is 0. The van der Waals surface area contributed by atoms with E-state index in [1.165, 1.54) is 17.8 Å². The molecule has 0 aliphatic carbocycles. The molecule has 28 heavy (non-hydrogen) atoms. The normalized spacial score (nSPS) is 18.5. The van der Waals surface area contributed by atoms with Crippen LogP contribution in [0.2, 0.25) is 0 Å². The number of methoxy groups -OCH3 is 2. The summed E-state index contributed by atoms with van der Waals surface area (Å²) in [6, 6.07) is 0. The lowest BCUT2D eigenvalue weighted by atomic mass is 9.78. The lowest BCUT2D eigenvalue weighted by Crippen LogP contribution is -2.43. The third-order valence-corrected chi connectivity index (χ3v) is 7.08. The number of hydrogen-bond acceptors (Lipinski definition) is 7. The highest BCUT2D eigenvalue weighted by Gasteiger charge is 2.38. The van der Waals surface area contributed by atoms with Crippen molar-refractivity contribution in [3.63, 3.8) is 0 Å². The van der Waals surface area contributed by atoms with E-state index in [0.29, 0.717) is 23.7 Å². The fourth-order valence-electron chi connectivity index (χ4n) is 4.24. The van der Waals surface area contributed by atoms with Gasteiger partial charge in [-0.1, -0.05) is 0 Å². The number of ether oxygens (including phenoxy) is 2. The van der Waals surface area contributed by atoms with Gasteiger partial charge in [0, 0.05) is 26.7 Å². The number of thiophene rings is 1. The number of fused-ring (bicyclic) bond motifs is 1. The summed E-state index contributed by atoms with van der Waals surface area (Å²) in [6.07, 6.45) is 3.39. The zero-order valence-electron chi connectivity index (χ0n) is 16.5. The van der Waals surface area contributed by atoms with Crippen LogP contribution in [0, 0.1) is 12.3 Å². The van der Waals surface area contributed by atoms with Crippen molar-refractivity contribution in [2.75, 3.05) is 40.4 Å². The smallest absolute Gasteiger partial charge is 0.264 e. The van der Waals surface area contributed by atoms with Crippen LogP contribution in [-0.2, 0) is 11.3 Å². The Morgan fingerprint density at radius 2 is 2.00 bits per heavy atom. The third-order valence-electron chi connectivity index (χ3n) is 5.91. The van der Waals surface area contributed by atoms with Crippen LogP contribution in [0.3, 0.4) is 0 Å². The van der Waals surface area contributed by atoms with Gasteiger partial charge in [0.1, 0.15) is 11.4 Å². The summed E-state index contributed by atoms with van der Waals surface area (Å²) < 4.78 is 10.6. The standard InChI is InChI=1S/C19H26N4O3S.ClH/c1-12-14-16(26-3)21-13(10-25-2)22-17(14)27-15(12)18(24)23-8-5-19(6-9-23)4-7-20-11-19;/h20H,4-11H2,1-3H3;1H. The number of rotatable bonds is 4. The molecular formula is C19H27ClN4O3S. The zero-order chi connectivity index (χ0) is 19.0. The van der Waals surface area contributed by atoms with E-state index in [1.54, 1.807) is 14.2 Å². The van der Waals surface area contributed by atoms with Crippen LogP contribution in [0.5, 0.6) is 5.88 Å². The molecule has 2 aliphatic rings. The molecule has 0 saturated carbocycles. The van der Waals surface area contributed by atoms with E-state index in [1.807, 2.05) is 11.8 Å². The van der Waals surface area contributed by atoms with Crippen molar-refractivity contribution in [3.8, 4) is 5.88 Å². The molecule has 0 bridgehead atoms. The summed E-state index contributed by atoms with van der Waals surface area (Å²) in [5.74, 6) is 1.18. The Balaban J connectivity index is 0.00000225. The maximum atomic E-state index is 13.2. The highest BCUT2D eigenvalue weighted by Crippen LogP contribution is 2.39. The molecule has 4 rings (SSSR count). The van der Waals surface area contributed by atoms with Gasteiger partial charge in [0.2, 0.25) is 5.88 Å². The second-order valence-electron chi connectivity index (χ2n) is 7.54. The van der Waals surface area contributed by atoms with Crippen molar-refractivity contribution in [2.45, 2.75) is 32.8 Å². The number of hydrogen-bond donors (Lipinski definition) is 1. The first kappa shape index (κ1) is 21.2. The molecular weight excluding hydrogens is 400 g/mol. The number of nitrogens with zero attached hydrogens (tertiary/aromatic N) is 3. The molecule has 7 nitrogen and oxygen atoms in total. The van der Waals surface area contributed by atoms with E-state index in [0.717, 1.165) is 59.7 Å². The highest BCUT2D eigenvalue weighted by molar-refractivity contribution is 7.20. The molecule has 2 aromatic rings. The second kappa shape index (κ2) is 8.49. The second-order valence-corrected chi connectivity index (χ2v) is 8.54. The highest BCUT2D eigenvalue weighted by atomic mass is 35.5. The summed E-state index contributed by atoms with van der Waals surface area (Å²) in [4.78, 5) is 25.7. The molecule has 4 heterocycles. The first-order valence-electron chi connectivity index (χ1n) is 9.40. The molecule has 2 saturated heterocycles. The maximum Gasteiger partial charge on any atom is 0.264 e. The predicted octanol–water partition coefficient (Wildman–Crippen LogP) is 2.79. The van der Waals surface area contributed by atoms with Crippen molar-refractivity contribution in [1.29, 1.82) is 0 Å². The van der Waals surface area contributed by atoms with E-state index in [9.17, 15) is 4.79 Å². The Morgan fingerprint density at radius 3 is 2.61 bits per heavy atom. The molecule has 1 N–H and O–H groups in total. The van der Waals surface area contributed by atoms with Crippen molar-refractivity contribution >= 4 is 39.9 Å². The van der Waals surface area contributed by atoms with Gasteiger partial charge < -0.3 is 19.7 Å². The van der Waals surface area contributed by atoms with Crippen LogP contribution in [0.4, 0.5) is 0 Å². The minimum Gasteiger partial charge on any atom is -0.480 e. The number of amides is 1. The van der Waals surface area contributed by atoms with E-state index in [-0.39, 0.29) is 18.3 Å². The number of likely N-dealkylation sites (tertiary alicyclic amines) is 1. The molecule has 2 fully saturated rings. The first-order valence-corrected chi connectivity index (χ1v) is 10.2. The van der Waals surface area contributed by atoms with Gasteiger partial charge in [0.15, 0.2) is 5.82 Å². The van der Waals surface area contributed by atoms with Crippen LogP contribution < -0.4 is 10.1 Å². The van der Waals surface area contributed by atoms with Gasteiger partial charge in [-0.2, -0.15) is 4.98 Å². The van der Waals surface area contributed by atoms with Crippen LogP contribution in [0.25, 0.3) is 10.2 Å². The monoisotopic (exact) mass is 426 g/mol. The van der Waals surface area contributed by atoms with Crippen molar-refractivity contribution in [1.82, 2.24) is 20.2 Å². The third kappa shape index (κ3) is 3.70. The molecule has 9 heteroatoms. The van der Waals surface area contributed by atoms with Gasteiger partial charge in [-0.05, 0) is 43.7 Å². The Hall–Kier alpha value is -1.48. The first-order chi connectivity index (χ1) is 13.1. The lowest BCUT2D eigenvalue weighted by molar-refractivity contribution is 0.0612. The minimum atomic E-state index is 0. The zero-order valence-corrected chi connectivity index (χ0v) is 18.2. The molecule has 154 valence electrons. The number of halogens is 1. The predicted molar refractivity (Wildman–Crippen MR) is 112 cm³/mol. The number of aromatic nitrogens is 2. The Bertz CT molecular complexity index is 856. The van der Waals surface area contributed by atoms with Crippen LogP contribution in [0.15, 0.2) is 0 Å². The van der Waals surface area contributed by atoms with E-state index in [4.69, 9.17) is 9.47 Å². The van der Waals surface area contributed by atoms with E-state index in [2.05, 4.69) is 15.3 Å². The lowest BCUT2D eigenvalue weighted by Gasteiger charge is -2.38. The molecule has 0 radical (unpaired) electrons. The van der Waals surface area contributed by atoms with Gasteiger partial charge in [0.25, 0.3) is 5.91 Å². The summed E-state index contributed by atoms with van der Waals surface area (Å²) in [7, 11) is 3.20. The summed E-state index contributed by atoms with van der Waals surface area (Å²) in [6.45, 7) is 6.12. The van der Waals surface area contributed by atoms with Gasteiger partial charge in [-0.25, -0.2) is 4.98 Å². The SMILES string of the molecule is COCc1nc(OC)c2c(C)c(C(=O)N3CCC4(CCNC4)CC3)sc2n1.Cl. The maximum absolute atomic E-state index is 13.2. The van der Waals surface area contributed by atoms with Gasteiger partial charge >= 0.3 is 0 Å². The fraction of sp³-hybridized carbons (Fsp3) is 0.632. The van der Waals surface area contributed by atoms with Gasteiger partial charge in [-0.3, -0.25) is 4.79 Å². The average Bonchev–Trinajstić information content (AvgIpc) is 3.26. The average molecular weight is 427 g/mol. The molecule has 1 spiro atoms. The van der Waals surface area contributed by atoms with Crippen LogP contribution >= 0.6 is 23.7 Å². The largest absolute Gasteiger partial charge is 0.480 e. The van der Waals surface area contributed by atoms with Crippen LogP contribution in [-0.4, -0.2) is 61.2 Å². The summed E-state index contributed by atoms with van der Waals surface area (Å²) in [5.41, 5.74) is 1.30. The van der Waals surface area contributed by atoms with Crippen molar-refractivity contribution in [2.24, 2.45) is 5.41 Å². The molecule has 0 unspecified atom stereocenters. The fourth-order valence-corrected chi connectivity index (χ4v) is 5.40. The molecule has 0 aromatic carbocycles. The molecule has 1 amide bonds. The summed E-state index contributed by atoms with van der Waals surface area (Å²) >= 11 is 1.43. The molecule has 0 atom stereocenters. The quantitative estimate of drug-likeness (QED) is 0.810. The number of piperidine rings is 1. The van der Waals surface area contributed by atoms with Gasteiger partial charge in [-0.15, -0.1) is 23.7 Å². The van der Waals surface area contributed by atoms with Crippen molar-refractivity contribution < 1.29 is 14.3 Å². The van der Waals surface area contributed by atoms with Crippen molar-refractivity contribution in [3.05, 3.63) is 16.3 Å². The summed E-state index contributed by atoms with van der Waals surface area (Å²) in [5, 5.41) is 4.31. The van der Waals surface area contributed by atoms with Crippen LogP contribution in [0.1, 0.15) is 40.3 Å². The van der Waals surface area contributed by atoms with E-state index >= 15 is 0 Å². The number of nitrogens with one attached hydrogen (secondary N) is 1. The number of aryl methyl sites for hydroxylation is 1. The Kier molecular flexibility index (Phi) is 6.44. The Labute approximate surface area is 175 Å². The Morgan fingerprint density at radius 1 is 1.25 bits per heavy atom.